The van der Waals surface area contributed by atoms with Crippen LogP contribution in [0.2, 0.25) is 0 Å². The van der Waals surface area contributed by atoms with E-state index in [0.29, 0.717) is 24.4 Å². The van der Waals surface area contributed by atoms with Gasteiger partial charge in [0.15, 0.2) is 0 Å². The minimum absolute atomic E-state index is 0.289. The fraction of sp³-hybridized carbons (Fsp3) is 0.700. The lowest BCUT2D eigenvalue weighted by Gasteiger charge is -2.31. The summed E-state index contributed by atoms with van der Waals surface area (Å²) in [6, 6.07) is 6.28. The van der Waals surface area contributed by atoms with E-state index < -0.39 is 0 Å². The molecular weight excluding hydrogens is 298 g/mol. The van der Waals surface area contributed by atoms with E-state index in [4.69, 9.17) is 0 Å². The summed E-state index contributed by atoms with van der Waals surface area (Å²) in [5.74, 6) is 0.289. The summed E-state index contributed by atoms with van der Waals surface area (Å²) >= 11 is 0. The van der Waals surface area contributed by atoms with Crippen molar-refractivity contribution in [3.05, 3.63) is 30.1 Å². The van der Waals surface area contributed by atoms with Gasteiger partial charge >= 0.3 is 0 Å². The molecule has 4 nitrogen and oxygen atoms in total. The maximum atomic E-state index is 12.9. The molecule has 1 aromatic rings. The molecule has 1 aliphatic rings. The zero-order valence-electron chi connectivity index (χ0n) is 15.6. The molecule has 1 amide bonds. The van der Waals surface area contributed by atoms with Crippen LogP contribution in [0.1, 0.15) is 65.0 Å². The second-order valence-corrected chi connectivity index (χ2v) is 8.09. The third-order valence-electron chi connectivity index (χ3n) is 4.68. The number of carbonyl (C=O) groups is 1. The molecule has 0 saturated carbocycles. The number of nitrogens with zero attached hydrogens (tertiary/aromatic N) is 2. The monoisotopic (exact) mass is 331 g/mol. The van der Waals surface area contributed by atoms with Crippen molar-refractivity contribution >= 4 is 5.91 Å². The van der Waals surface area contributed by atoms with Crippen LogP contribution in [0.4, 0.5) is 0 Å². The molecule has 0 bridgehead atoms. The van der Waals surface area contributed by atoms with Gasteiger partial charge in [-0.3, -0.25) is 9.78 Å². The van der Waals surface area contributed by atoms with Gasteiger partial charge in [0.2, 0.25) is 5.91 Å². The van der Waals surface area contributed by atoms with Crippen LogP contribution in [-0.4, -0.2) is 34.9 Å². The van der Waals surface area contributed by atoms with Crippen LogP contribution in [0.5, 0.6) is 0 Å². The van der Waals surface area contributed by atoms with Crippen LogP contribution in [0.3, 0.4) is 0 Å². The highest BCUT2D eigenvalue weighted by Crippen LogP contribution is 2.23. The largest absolute Gasteiger partial charge is 0.334 e. The predicted octanol–water partition coefficient (Wildman–Crippen LogP) is 3.77. The standard InChI is InChI=1S/C20H33N3O/c1-20(2,3)12-6-10-19(24)23(16-17-8-4-5-14-22-17)18-9-7-13-21-15-11-18/h4-5,8,14,18,21H,6-7,9-13,15-16H2,1-3H3. The van der Waals surface area contributed by atoms with Gasteiger partial charge in [-0.15, -0.1) is 0 Å². The van der Waals surface area contributed by atoms with Gasteiger partial charge in [0.1, 0.15) is 0 Å². The van der Waals surface area contributed by atoms with Crippen molar-refractivity contribution in [2.24, 2.45) is 5.41 Å². The van der Waals surface area contributed by atoms with E-state index >= 15 is 0 Å². The van der Waals surface area contributed by atoms with Gasteiger partial charge in [-0.1, -0.05) is 26.8 Å². The first kappa shape index (κ1) is 18.9. The second kappa shape index (κ2) is 9.16. The number of hydrogen-bond donors (Lipinski definition) is 1. The predicted molar refractivity (Wildman–Crippen MR) is 98.6 cm³/mol. The van der Waals surface area contributed by atoms with Gasteiger partial charge in [-0.2, -0.15) is 0 Å². The maximum Gasteiger partial charge on any atom is 0.223 e. The fourth-order valence-corrected chi connectivity index (χ4v) is 3.31. The third-order valence-corrected chi connectivity index (χ3v) is 4.68. The lowest BCUT2D eigenvalue weighted by Crippen LogP contribution is -2.40. The molecule has 4 heteroatoms. The van der Waals surface area contributed by atoms with Crippen LogP contribution in [0.25, 0.3) is 0 Å². The Morgan fingerprint density at radius 3 is 2.83 bits per heavy atom. The molecule has 1 N–H and O–H groups in total. The van der Waals surface area contributed by atoms with E-state index in [1.807, 2.05) is 24.4 Å². The smallest absolute Gasteiger partial charge is 0.223 e. The zero-order chi connectivity index (χ0) is 17.4. The average Bonchev–Trinajstić information content (AvgIpc) is 2.81. The molecule has 2 rings (SSSR count). The molecule has 0 radical (unpaired) electrons. The molecule has 1 unspecified atom stereocenters. The quantitative estimate of drug-likeness (QED) is 0.863. The van der Waals surface area contributed by atoms with Crippen molar-refractivity contribution in [2.75, 3.05) is 13.1 Å². The van der Waals surface area contributed by atoms with E-state index in [1.165, 1.54) is 0 Å². The first-order valence-electron chi connectivity index (χ1n) is 9.36. The molecule has 1 atom stereocenters. The Hall–Kier alpha value is -1.42. The van der Waals surface area contributed by atoms with Gasteiger partial charge in [0.25, 0.3) is 0 Å². The molecule has 24 heavy (non-hydrogen) atoms. The summed E-state index contributed by atoms with van der Waals surface area (Å²) in [4.78, 5) is 19.4. The molecule has 2 heterocycles. The lowest BCUT2D eigenvalue weighted by molar-refractivity contribution is -0.134. The molecule has 1 saturated heterocycles. The van der Waals surface area contributed by atoms with Crippen molar-refractivity contribution < 1.29 is 4.79 Å². The van der Waals surface area contributed by atoms with Gasteiger partial charge in [0.05, 0.1) is 12.2 Å². The Labute approximate surface area is 147 Å². The van der Waals surface area contributed by atoms with Crippen molar-refractivity contribution in [1.29, 1.82) is 0 Å². The summed E-state index contributed by atoms with van der Waals surface area (Å²) in [6.45, 7) is 9.41. The number of rotatable bonds is 6. The highest BCUT2D eigenvalue weighted by Gasteiger charge is 2.25. The first-order chi connectivity index (χ1) is 11.5. The van der Waals surface area contributed by atoms with Crippen LogP contribution in [-0.2, 0) is 11.3 Å². The number of amides is 1. The van der Waals surface area contributed by atoms with Crippen molar-refractivity contribution in [3.63, 3.8) is 0 Å². The highest BCUT2D eigenvalue weighted by molar-refractivity contribution is 5.76. The molecule has 1 aromatic heterocycles. The molecule has 0 aromatic carbocycles. The summed E-state index contributed by atoms with van der Waals surface area (Å²) in [5.41, 5.74) is 1.28. The Balaban J connectivity index is 2.01. The third kappa shape index (κ3) is 6.60. The molecule has 1 fully saturated rings. The van der Waals surface area contributed by atoms with E-state index in [-0.39, 0.29) is 5.91 Å². The van der Waals surface area contributed by atoms with Crippen LogP contribution in [0, 0.1) is 5.41 Å². The van der Waals surface area contributed by atoms with Crippen molar-refractivity contribution in [1.82, 2.24) is 15.2 Å². The van der Waals surface area contributed by atoms with E-state index in [0.717, 1.165) is 50.9 Å². The van der Waals surface area contributed by atoms with Gasteiger partial charge in [-0.25, -0.2) is 0 Å². The summed E-state index contributed by atoms with van der Waals surface area (Å²) in [6.07, 6.45) is 7.77. The number of carbonyl (C=O) groups excluding carboxylic acids is 1. The Morgan fingerprint density at radius 2 is 2.12 bits per heavy atom. The van der Waals surface area contributed by atoms with Gasteiger partial charge in [0, 0.05) is 18.7 Å². The van der Waals surface area contributed by atoms with E-state index in [9.17, 15) is 4.79 Å². The fourth-order valence-electron chi connectivity index (χ4n) is 3.31. The SMILES string of the molecule is CC(C)(C)CCCC(=O)N(Cc1ccccn1)C1CCCNCC1. The van der Waals surface area contributed by atoms with Crippen molar-refractivity contribution in [3.8, 4) is 0 Å². The minimum atomic E-state index is 0.289. The summed E-state index contributed by atoms with van der Waals surface area (Å²) < 4.78 is 0. The molecule has 134 valence electrons. The Morgan fingerprint density at radius 1 is 1.29 bits per heavy atom. The maximum absolute atomic E-state index is 12.9. The van der Waals surface area contributed by atoms with Gasteiger partial charge in [-0.05, 0) is 62.7 Å². The van der Waals surface area contributed by atoms with Crippen molar-refractivity contribution in [2.45, 2.75) is 71.9 Å². The summed E-state index contributed by atoms with van der Waals surface area (Å²) in [7, 11) is 0. The zero-order valence-corrected chi connectivity index (χ0v) is 15.6. The second-order valence-electron chi connectivity index (χ2n) is 8.09. The lowest BCUT2D eigenvalue weighted by atomic mass is 9.89. The van der Waals surface area contributed by atoms with E-state index in [1.54, 1.807) is 0 Å². The number of aromatic nitrogens is 1. The number of nitrogens with one attached hydrogen (secondary N) is 1. The number of pyridine rings is 1. The Bertz CT molecular complexity index is 487. The topological polar surface area (TPSA) is 45.2 Å². The minimum Gasteiger partial charge on any atom is -0.334 e. The highest BCUT2D eigenvalue weighted by atomic mass is 16.2. The van der Waals surface area contributed by atoms with Crippen LogP contribution >= 0.6 is 0 Å². The Kier molecular flexibility index (Phi) is 7.22. The normalized spacial score (nSPS) is 18.9. The first-order valence-corrected chi connectivity index (χ1v) is 9.36. The number of hydrogen-bond acceptors (Lipinski definition) is 3. The van der Waals surface area contributed by atoms with E-state index in [2.05, 4.69) is 36.0 Å². The summed E-state index contributed by atoms with van der Waals surface area (Å²) in [5, 5.41) is 3.44. The molecule has 0 spiro atoms. The van der Waals surface area contributed by atoms with Gasteiger partial charge < -0.3 is 10.2 Å². The molecular formula is C20H33N3O. The molecule has 1 aliphatic heterocycles. The van der Waals surface area contributed by atoms with Crippen LogP contribution in [0.15, 0.2) is 24.4 Å². The molecule has 0 aliphatic carbocycles. The average molecular weight is 332 g/mol. The van der Waals surface area contributed by atoms with Crippen LogP contribution < -0.4 is 5.32 Å².